The predicted molar refractivity (Wildman–Crippen MR) is 122 cm³/mol. The zero-order valence-electron chi connectivity index (χ0n) is 19.0. The Morgan fingerprint density at radius 2 is 2.18 bits per heavy atom. The first-order chi connectivity index (χ1) is 16.5. The number of nitrogens with zero attached hydrogens (tertiary/aromatic N) is 7. The van der Waals surface area contributed by atoms with Gasteiger partial charge in [0.1, 0.15) is 0 Å². The summed E-state index contributed by atoms with van der Waals surface area (Å²) in [7, 11) is 3.46. The van der Waals surface area contributed by atoms with Crippen molar-refractivity contribution in [3.63, 3.8) is 0 Å². The van der Waals surface area contributed by atoms with Gasteiger partial charge in [0, 0.05) is 12.6 Å². The van der Waals surface area contributed by atoms with Gasteiger partial charge < -0.3 is 15.6 Å². The largest absolute Gasteiger partial charge is 0.504 e. The molecular weight excluding hydrogens is 442 g/mol. The van der Waals surface area contributed by atoms with Gasteiger partial charge in [0.15, 0.2) is 17.2 Å². The number of methoxy groups -OCH3 is 1. The number of amides is 1. The maximum absolute atomic E-state index is 12.9. The molecule has 2 aromatic heterocycles. The van der Waals surface area contributed by atoms with Gasteiger partial charge in [-0.1, -0.05) is 24.5 Å². The van der Waals surface area contributed by atoms with Crippen LogP contribution in [0.4, 0.5) is 5.82 Å². The molecule has 34 heavy (non-hydrogen) atoms. The minimum atomic E-state index is -0.546. The molecule has 1 amide bonds. The van der Waals surface area contributed by atoms with E-state index in [2.05, 4.69) is 36.1 Å². The van der Waals surface area contributed by atoms with Crippen LogP contribution in [0.15, 0.2) is 27.9 Å². The van der Waals surface area contributed by atoms with E-state index in [0.717, 1.165) is 12.8 Å². The molecule has 1 aliphatic carbocycles. The first-order valence-corrected chi connectivity index (χ1v) is 10.9. The van der Waals surface area contributed by atoms with Crippen LogP contribution in [0.25, 0.3) is 5.82 Å². The van der Waals surface area contributed by atoms with E-state index in [1.54, 1.807) is 12.1 Å². The Bertz CT molecular complexity index is 1170. The van der Waals surface area contributed by atoms with Gasteiger partial charge in [-0.05, 0) is 54.0 Å². The number of hydrogen-bond acceptors (Lipinski definition) is 11. The number of nitrogens with one attached hydrogen (secondary N) is 1. The molecule has 0 unspecified atom stereocenters. The number of nitrogens with two attached hydrogens (primary N) is 1. The molecule has 3 aromatic rings. The van der Waals surface area contributed by atoms with Crippen LogP contribution < -0.4 is 15.9 Å². The molecule has 13 heteroatoms. The van der Waals surface area contributed by atoms with Crippen LogP contribution in [0.1, 0.15) is 53.8 Å². The van der Waals surface area contributed by atoms with Gasteiger partial charge in [0.2, 0.25) is 11.6 Å². The van der Waals surface area contributed by atoms with Crippen LogP contribution >= 0.6 is 0 Å². The van der Waals surface area contributed by atoms with E-state index in [1.165, 1.54) is 43.3 Å². The highest BCUT2D eigenvalue weighted by molar-refractivity contribution is 5.94. The second-order valence-electron chi connectivity index (χ2n) is 8.11. The summed E-state index contributed by atoms with van der Waals surface area (Å²) in [4.78, 5) is 15.1. The monoisotopic (exact) mass is 469 g/mol. The quantitative estimate of drug-likeness (QED) is 0.324. The lowest BCUT2D eigenvalue weighted by atomic mass is 9.94. The summed E-state index contributed by atoms with van der Waals surface area (Å²) in [5, 5.41) is 29.2. The van der Waals surface area contributed by atoms with Gasteiger partial charge in [0.25, 0.3) is 5.91 Å². The number of phenolic OH excluding ortho intramolecular Hbond substituents is 1. The van der Waals surface area contributed by atoms with E-state index in [-0.39, 0.29) is 23.1 Å². The zero-order chi connectivity index (χ0) is 24.1. The average molecular weight is 470 g/mol. The van der Waals surface area contributed by atoms with Gasteiger partial charge in [0.05, 0.1) is 19.0 Å². The van der Waals surface area contributed by atoms with Crippen LogP contribution in [-0.4, -0.2) is 67.6 Å². The molecule has 0 spiro atoms. The number of nitrogen functional groups attached to an aromatic ring is 1. The highest BCUT2D eigenvalue weighted by Crippen LogP contribution is 2.26. The van der Waals surface area contributed by atoms with Gasteiger partial charge in [-0.25, -0.2) is 10.1 Å². The van der Waals surface area contributed by atoms with E-state index in [4.69, 9.17) is 15.1 Å². The van der Waals surface area contributed by atoms with Crippen LogP contribution in [0.5, 0.6) is 11.5 Å². The summed E-state index contributed by atoms with van der Waals surface area (Å²) in [6, 6.07) is 5.09. The molecule has 1 saturated carbocycles. The van der Waals surface area contributed by atoms with Crippen molar-refractivity contribution < 1.29 is 19.3 Å². The topological polar surface area (TPSA) is 170 Å². The lowest BCUT2D eigenvalue weighted by Gasteiger charge is -2.31. The Morgan fingerprint density at radius 3 is 2.88 bits per heavy atom. The standard InChI is InChI=1S/C21H27N9O4/c1-29(14-6-4-3-5-7-14)12-15-18(24-28-30(15)20-19(22)26-34-27-20)21(32)25-23-11-13-8-9-16(31)17(10-13)33-2/h8-11,14,31H,3-7,12H2,1-2H3,(H2,22,26)(H,25,32). The Hall–Kier alpha value is -4.00. The van der Waals surface area contributed by atoms with Gasteiger partial charge in [-0.2, -0.15) is 9.78 Å². The Balaban J connectivity index is 1.56. The molecule has 0 bridgehead atoms. The van der Waals surface area contributed by atoms with Crippen molar-refractivity contribution >= 4 is 17.9 Å². The van der Waals surface area contributed by atoms with E-state index in [9.17, 15) is 9.90 Å². The zero-order valence-corrected chi connectivity index (χ0v) is 19.0. The van der Waals surface area contributed by atoms with E-state index in [1.807, 2.05) is 7.05 Å². The fraction of sp³-hybridized carbons (Fsp3) is 0.429. The summed E-state index contributed by atoms with van der Waals surface area (Å²) in [5.74, 6) is -0.0370. The molecule has 0 radical (unpaired) electrons. The highest BCUT2D eigenvalue weighted by atomic mass is 16.6. The molecular formula is C21H27N9O4. The normalized spacial score (nSPS) is 14.7. The van der Waals surface area contributed by atoms with E-state index in [0.29, 0.717) is 29.6 Å². The Labute approximate surface area is 195 Å². The molecule has 1 aromatic carbocycles. The fourth-order valence-corrected chi connectivity index (χ4v) is 4.01. The molecule has 2 heterocycles. The summed E-state index contributed by atoms with van der Waals surface area (Å²) < 4.78 is 11.2. The molecule has 13 nitrogen and oxygen atoms in total. The number of aromatic nitrogens is 5. The van der Waals surface area contributed by atoms with Crippen molar-refractivity contribution in [1.29, 1.82) is 0 Å². The summed E-state index contributed by atoms with van der Waals surface area (Å²) >= 11 is 0. The minimum Gasteiger partial charge on any atom is -0.504 e. The Kier molecular flexibility index (Phi) is 7.01. The predicted octanol–water partition coefficient (Wildman–Crippen LogP) is 1.48. The van der Waals surface area contributed by atoms with Gasteiger partial charge in [-0.15, -0.1) is 5.10 Å². The SMILES string of the molecule is COc1cc(C=NNC(=O)c2nnn(-c3nonc3N)c2CN(C)C2CCCCC2)ccc1O. The number of ether oxygens (including phenoxy) is 1. The third-order valence-corrected chi connectivity index (χ3v) is 5.86. The number of anilines is 1. The molecule has 180 valence electrons. The summed E-state index contributed by atoms with van der Waals surface area (Å²) in [6.45, 7) is 0.394. The average Bonchev–Trinajstić information content (AvgIpc) is 3.46. The lowest BCUT2D eigenvalue weighted by Crippen LogP contribution is -2.34. The molecule has 4 N–H and O–H groups in total. The van der Waals surface area contributed by atoms with E-state index >= 15 is 0 Å². The number of carbonyl (C=O) groups excluding carboxylic acids is 1. The third kappa shape index (κ3) is 4.98. The number of hydrogen-bond donors (Lipinski definition) is 3. The van der Waals surface area contributed by atoms with Crippen LogP contribution in [0, 0.1) is 0 Å². The highest BCUT2D eigenvalue weighted by Gasteiger charge is 2.27. The number of phenols is 1. The first kappa shape index (κ1) is 23.2. The number of aromatic hydroxyl groups is 1. The molecule has 4 rings (SSSR count). The number of benzene rings is 1. The Morgan fingerprint density at radius 1 is 1.38 bits per heavy atom. The van der Waals surface area contributed by atoms with Crippen molar-refractivity contribution in [2.24, 2.45) is 5.10 Å². The molecule has 1 aliphatic rings. The fourth-order valence-electron chi connectivity index (χ4n) is 4.01. The van der Waals surface area contributed by atoms with Crippen LogP contribution in [-0.2, 0) is 6.54 Å². The minimum absolute atomic E-state index is 0.00801. The third-order valence-electron chi connectivity index (χ3n) is 5.86. The smallest absolute Gasteiger partial charge is 0.293 e. The van der Waals surface area contributed by atoms with Crippen molar-refractivity contribution in [3.8, 4) is 17.3 Å². The number of rotatable bonds is 8. The number of carbonyl (C=O) groups is 1. The molecule has 0 saturated heterocycles. The van der Waals surface area contributed by atoms with Gasteiger partial charge in [-0.3, -0.25) is 9.69 Å². The van der Waals surface area contributed by atoms with Crippen molar-refractivity contribution in [1.82, 2.24) is 35.6 Å². The van der Waals surface area contributed by atoms with Crippen LogP contribution in [0.2, 0.25) is 0 Å². The first-order valence-electron chi connectivity index (χ1n) is 10.9. The molecule has 0 atom stereocenters. The maximum Gasteiger partial charge on any atom is 0.293 e. The van der Waals surface area contributed by atoms with Gasteiger partial charge >= 0.3 is 0 Å². The van der Waals surface area contributed by atoms with Crippen molar-refractivity contribution in [2.45, 2.75) is 44.7 Å². The van der Waals surface area contributed by atoms with Crippen molar-refractivity contribution in [2.75, 3.05) is 19.9 Å². The van der Waals surface area contributed by atoms with Crippen molar-refractivity contribution in [3.05, 3.63) is 35.2 Å². The van der Waals surface area contributed by atoms with Crippen LogP contribution in [0.3, 0.4) is 0 Å². The van der Waals surface area contributed by atoms with E-state index < -0.39 is 5.91 Å². The summed E-state index contributed by atoms with van der Waals surface area (Å²) in [6.07, 6.45) is 7.20. The number of hydrazone groups is 1. The second kappa shape index (κ2) is 10.3. The summed E-state index contributed by atoms with van der Waals surface area (Å²) in [5.41, 5.74) is 9.53. The molecule has 1 fully saturated rings. The molecule has 0 aliphatic heterocycles. The second-order valence-corrected chi connectivity index (χ2v) is 8.11. The maximum atomic E-state index is 12.9. The lowest BCUT2D eigenvalue weighted by molar-refractivity contribution is 0.0947.